The first kappa shape index (κ1) is 31.7. The van der Waals surface area contributed by atoms with E-state index in [0.717, 1.165) is 11.1 Å². The molecule has 4 amide bonds. The molecule has 3 aromatic rings. The number of fused-ring (bicyclic) bond motifs is 1. The standard InChI is InChI=1S/C35H33N5O6/c1-6-23(18-36-4)28-13-14-29(46-32(42)21(2)3)30(37-28)24-9-7-22(8-10-24)15-16-35(33(43)38-34(44)39-35)20-40-19-25-11-12-26(45-5)17-27(25)31(40)41/h6-14,17-18,21H,19-20H2,1-5H3,(H2,38,39,43,44)/b23-6+,36-18?. The molecular weight excluding hydrogens is 586 g/mol. The normalized spacial score (nSPS) is 17.5. The van der Waals surface area contributed by atoms with Crippen molar-refractivity contribution < 1.29 is 28.7 Å². The molecule has 0 aliphatic carbocycles. The molecule has 0 bridgehead atoms. The smallest absolute Gasteiger partial charge is 0.323 e. The van der Waals surface area contributed by atoms with E-state index in [0.29, 0.717) is 39.6 Å². The minimum absolute atomic E-state index is 0.152. The van der Waals surface area contributed by atoms with Crippen LogP contribution in [0.4, 0.5) is 4.79 Å². The zero-order valence-corrected chi connectivity index (χ0v) is 26.1. The summed E-state index contributed by atoms with van der Waals surface area (Å²) in [5, 5.41) is 4.87. The number of amides is 4. The number of hydrogen-bond donors (Lipinski definition) is 2. The van der Waals surface area contributed by atoms with Crippen LogP contribution >= 0.6 is 0 Å². The van der Waals surface area contributed by atoms with Crippen LogP contribution in [-0.2, 0) is 16.1 Å². The Bertz CT molecular complexity index is 1850. The van der Waals surface area contributed by atoms with Crippen molar-refractivity contribution >= 4 is 35.6 Å². The maximum atomic E-state index is 13.2. The SMILES string of the molecule is C/C=C(\C=NC)c1ccc(OC(=O)C(C)C)c(-c2ccc(C#CC3(CN4Cc5ccc(OC)cc5C4=O)NC(=O)NC3=O)cc2)n1. The first-order valence-corrected chi connectivity index (χ1v) is 14.6. The summed E-state index contributed by atoms with van der Waals surface area (Å²) in [4.78, 5) is 61.3. The highest BCUT2D eigenvalue weighted by Crippen LogP contribution is 2.31. The predicted octanol–water partition coefficient (Wildman–Crippen LogP) is 4.01. The number of nitrogens with zero attached hydrogens (tertiary/aromatic N) is 3. The van der Waals surface area contributed by atoms with Gasteiger partial charge in [0.2, 0.25) is 5.54 Å². The number of methoxy groups -OCH3 is 1. The molecule has 0 radical (unpaired) electrons. The Balaban J connectivity index is 1.45. The highest BCUT2D eigenvalue weighted by Gasteiger charge is 2.48. The second kappa shape index (κ2) is 13.1. The quantitative estimate of drug-likeness (QED) is 0.168. The van der Waals surface area contributed by atoms with Gasteiger partial charge in [0.1, 0.15) is 11.4 Å². The molecule has 3 heterocycles. The van der Waals surface area contributed by atoms with Gasteiger partial charge in [-0.05, 0) is 48.9 Å². The molecule has 2 aliphatic heterocycles. The number of ether oxygens (including phenoxy) is 2. The number of allylic oxidation sites excluding steroid dienone is 2. The number of aromatic nitrogens is 1. The number of carbonyl (C=O) groups is 4. The van der Waals surface area contributed by atoms with E-state index >= 15 is 0 Å². The summed E-state index contributed by atoms with van der Waals surface area (Å²) in [7, 11) is 3.19. The number of urea groups is 1. The minimum atomic E-state index is -1.66. The second-order valence-electron chi connectivity index (χ2n) is 11.1. The molecule has 2 aromatic carbocycles. The Morgan fingerprint density at radius 1 is 1.13 bits per heavy atom. The van der Waals surface area contributed by atoms with Crippen molar-refractivity contribution in [3.05, 3.63) is 83.1 Å². The molecule has 1 unspecified atom stereocenters. The lowest BCUT2D eigenvalue weighted by Gasteiger charge is -2.26. The van der Waals surface area contributed by atoms with E-state index in [1.54, 1.807) is 81.7 Å². The van der Waals surface area contributed by atoms with Crippen molar-refractivity contribution in [2.24, 2.45) is 10.9 Å². The van der Waals surface area contributed by atoms with E-state index in [4.69, 9.17) is 14.5 Å². The minimum Gasteiger partial charge on any atom is -0.497 e. The molecule has 0 spiro atoms. The Labute approximate surface area is 266 Å². The molecule has 11 nitrogen and oxygen atoms in total. The summed E-state index contributed by atoms with van der Waals surface area (Å²) in [5.74, 6) is 5.11. The highest BCUT2D eigenvalue weighted by molar-refractivity contribution is 6.10. The van der Waals surface area contributed by atoms with Crippen LogP contribution in [0.2, 0.25) is 0 Å². The number of nitrogens with one attached hydrogen (secondary N) is 2. The van der Waals surface area contributed by atoms with Gasteiger partial charge in [0, 0.05) is 42.1 Å². The summed E-state index contributed by atoms with van der Waals surface area (Å²) >= 11 is 0. The summed E-state index contributed by atoms with van der Waals surface area (Å²) in [6, 6.07) is 15.0. The predicted molar refractivity (Wildman–Crippen MR) is 172 cm³/mol. The van der Waals surface area contributed by atoms with Crippen molar-refractivity contribution in [1.29, 1.82) is 0 Å². The molecule has 11 heteroatoms. The van der Waals surface area contributed by atoms with Gasteiger partial charge in [0.15, 0.2) is 5.75 Å². The number of carbonyl (C=O) groups excluding carboxylic acids is 4. The van der Waals surface area contributed by atoms with Gasteiger partial charge in [0.25, 0.3) is 11.8 Å². The van der Waals surface area contributed by atoms with Crippen LogP contribution in [0.15, 0.2) is 65.7 Å². The monoisotopic (exact) mass is 619 g/mol. The van der Waals surface area contributed by atoms with Crippen LogP contribution in [0.25, 0.3) is 16.8 Å². The van der Waals surface area contributed by atoms with E-state index in [1.165, 1.54) is 12.0 Å². The van der Waals surface area contributed by atoms with E-state index in [1.807, 2.05) is 13.0 Å². The number of pyridine rings is 1. The van der Waals surface area contributed by atoms with Gasteiger partial charge in [-0.2, -0.15) is 0 Å². The number of esters is 1. The van der Waals surface area contributed by atoms with Gasteiger partial charge in [-0.1, -0.05) is 50.0 Å². The van der Waals surface area contributed by atoms with Gasteiger partial charge < -0.3 is 19.7 Å². The molecule has 5 rings (SSSR count). The summed E-state index contributed by atoms with van der Waals surface area (Å²) in [6.07, 6.45) is 3.58. The van der Waals surface area contributed by atoms with Crippen molar-refractivity contribution in [1.82, 2.24) is 20.5 Å². The lowest BCUT2D eigenvalue weighted by atomic mass is 9.98. The van der Waals surface area contributed by atoms with Gasteiger partial charge in [-0.15, -0.1) is 0 Å². The summed E-state index contributed by atoms with van der Waals surface area (Å²) in [6.45, 7) is 5.49. The fraction of sp³-hybridized carbons (Fsp3) is 0.257. The average Bonchev–Trinajstić information content (AvgIpc) is 3.51. The van der Waals surface area contributed by atoms with E-state index in [-0.39, 0.29) is 30.9 Å². The van der Waals surface area contributed by atoms with Gasteiger partial charge >= 0.3 is 12.0 Å². The molecular formula is C35H33N5O6. The second-order valence-corrected chi connectivity index (χ2v) is 11.1. The molecule has 1 saturated heterocycles. The lowest BCUT2D eigenvalue weighted by molar-refractivity contribution is -0.137. The number of rotatable bonds is 8. The Morgan fingerprint density at radius 3 is 2.52 bits per heavy atom. The third kappa shape index (κ3) is 6.37. The van der Waals surface area contributed by atoms with Crippen LogP contribution < -0.4 is 20.1 Å². The largest absolute Gasteiger partial charge is 0.497 e. The van der Waals surface area contributed by atoms with Crippen LogP contribution in [-0.4, -0.2) is 66.2 Å². The average molecular weight is 620 g/mol. The fourth-order valence-electron chi connectivity index (χ4n) is 5.05. The molecule has 1 aromatic heterocycles. The number of aliphatic imine (C=N–C) groups is 1. The summed E-state index contributed by atoms with van der Waals surface area (Å²) in [5.41, 5.74) is 2.72. The van der Waals surface area contributed by atoms with Crippen LogP contribution in [0.1, 0.15) is 48.0 Å². The van der Waals surface area contributed by atoms with Gasteiger partial charge in [0.05, 0.1) is 25.3 Å². The third-order valence-corrected chi connectivity index (χ3v) is 7.56. The topological polar surface area (TPSA) is 139 Å². The third-order valence-electron chi connectivity index (χ3n) is 7.56. The Morgan fingerprint density at radius 2 is 1.89 bits per heavy atom. The molecule has 234 valence electrons. The molecule has 1 atom stereocenters. The van der Waals surface area contributed by atoms with Crippen LogP contribution in [0.3, 0.4) is 0 Å². The van der Waals surface area contributed by atoms with E-state index in [9.17, 15) is 19.2 Å². The van der Waals surface area contributed by atoms with Crippen LogP contribution in [0, 0.1) is 17.8 Å². The van der Waals surface area contributed by atoms with Crippen molar-refractivity contribution in [3.63, 3.8) is 0 Å². The van der Waals surface area contributed by atoms with Gasteiger partial charge in [-0.3, -0.25) is 24.7 Å². The molecule has 1 fully saturated rings. The molecule has 2 N–H and O–H groups in total. The fourth-order valence-corrected chi connectivity index (χ4v) is 5.05. The Kier molecular flexibility index (Phi) is 9.00. The molecule has 46 heavy (non-hydrogen) atoms. The maximum absolute atomic E-state index is 13.2. The highest BCUT2D eigenvalue weighted by atomic mass is 16.5. The van der Waals surface area contributed by atoms with Crippen LogP contribution in [0.5, 0.6) is 11.5 Å². The van der Waals surface area contributed by atoms with Crippen molar-refractivity contribution in [3.8, 4) is 34.6 Å². The first-order valence-electron chi connectivity index (χ1n) is 14.6. The number of imide groups is 1. The molecule has 2 aliphatic rings. The van der Waals surface area contributed by atoms with E-state index < -0.39 is 17.5 Å². The zero-order valence-electron chi connectivity index (χ0n) is 26.1. The summed E-state index contributed by atoms with van der Waals surface area (Å²) < 4.78 is 10.9. The Hall–Kier alpha value is -5.76. The zero-order chi connectivity index (χ0) is 33.0. The first-order chi connectivity index (χ1) is 22.1. The van der Waals surface area contributed by atoms with Crippen molar-refractivity contribution in [2.45, 2.75) is 32.9 Å². The van der Waals surface area contributed by atoms with Gasteiger partial charge in [-0.25, -0.2) is 9.78 Å². The number of benzene rings is 2. The van der Waals surface area contributed by atoms with E-state index in [2.05, 4.69) is 27.5 Å². The number of hydrogen-bond acceptors (Lipinski definition) is 8. The van der Waals surface area contributed by atoms with Crippen molar-refractivity contribution in [2.75, 3.05) is 20.7 Å². The maximum Gasteiger partial charge on any atom is 0.323 e. The molecule has 0 saturated carbocycles. The lowest BCUT2D eigenvalue weighted by Crippen LogP contribution is -2.54.